The summed E-state index contributed by atoms with van der Waals surface area (Å²) in [6.07, 6.45) is -2.15. The highest BCUT2D eigenvalue weighted by Gasteiger charge is 2.31. The monoisotopic (exact) mass is 419 g/mol. The maximum absolute atomic E-state index is 12.7. The van der Waals surface area contributed by atoms with Crippen molar-refractivity contribution in [1.82, 2.24) is 10.2 Å². The Bertz CT molecular complexity index is 800. The summed E-state index contributed by atoms with van der Waals surface area (Å²) in [4.78, 5) is 0. The third-order valence-electron chi connectivity index (χ3n) is 4.58. The van der Waals surface area contributed by atoms with E-state index in [9.17, 15) is 13.2 Å². The van der Waals surface area contributed by atoms with E-state index in [4.69, 9.17) is 27.9 Å². The Morgan fingerprint density at radius 2 is 1.78 bits per heavy atom. The molecule has 27 heavy (non-hydrogen) atoms. The minimum Gasteiger partial charge on any atom is -0.380 e. The van der Waals surface area contributed by atoms with Crippen molar-refractivity contribution in [1.29, 1.82) is 0 Å². The van der Waals surface area contributed by atoms with E-state index in [1.54, 1.807) is 6.92 Å². The maximum atomic E-state index is 12.7. The quantitative estimate of drug-likeness (QED) is 0.676. The molecule has 2 atom stereocenters. The van der Waals surface area contributed by atoms with E-state index in [1.807, 2.05) is 0 Å². The lowest BCUT2D eigenvalue weighted by molar-refractivity contribution is -0.137. The molecule has 0 spiro atoms. The summed E-state index contributed by atoms with van der Waals surface area (Å²) in [5, 5.41) is 11.2. The fourth-order valence-electron chi connectivity index (χ4n) is 3.07. The molecule has 2 heterocycles. The highest BCUT2D eigenvalue weighted by atomic mass is 35.5. The number of nitrogens with zero attached hydrogens (tertiary/aromatic N) is 2. The minimum absolute atomic E-state index is 0.103. The van der Waals surface area contributed by atoms with Crippen LogP contribution in [0, 0.1) is 6.92 Å². The molecule has 0 saturated carbocycles. The molecule has 4 nitrogen and oxygen atoms in total. The van der Waals surface area contributed by atoms with Gasteiger partial charge in [0.15, 0.2) is 10.3 Å². The van der Waals surface area contributed by atoms with Crippen molar-refractivity contribution in [2.24, 2.45) is 0 Å². The third kappa shape index (κ3) is 4.83. The van der Waals surface area contributed by atoms with Gasteiger partial charge in [0, 0.05) is 12.1 Å². The minimum atomic E-state index is -4.34. The summed E-state index contributed by atoms with van der Waals surface area (Å²) in [6, 6.07) is 5.15. The van der Waals surface area contributed by atoms with E-state index in [-0.39, 0.29) is 22.5 Å². The van der Waals surface area contributed by atoms with Gasteiger partial charge in [-0.1, -0.05) is 35.3 Å². The van der Waals surface area contributed by atoms with Gasteiger partial charge in [0.1, 0.15) is 0 Å². The molecule has 9 heteroatoms. The van der Waals surface area contributed by atoms with Crippen molar-refractivity contribution in [2.75, 3.05) is 11.9 Å². The lowest BCUT2D eigenvalue weighted by Gasteiger charge is -2.31. The first-order valence-electron chi connectivity index (χ1n) is 8.50. The largest absolute Gasteiger partial charge is 0.416 e. The van der Waals surface area contributed by atoms with Gasteiger partial charge in [0.05, 0.1) is 23.5 Å². The average Bonchev–Trinajstić information content (AvgIpc) is 2.64. The molecule has 2 aromatic rings. The Kier molecular flexibility index (Phi) is 6.13. The highest BCUT2D eigenvalue weighted by Crippen LogP contribution is 2.35. The molecule has 0 bridgehead atoms. The molecular weight excluding hydrogens is 402 g/mol. The Balaban J connectivity index is 1.64. The Morgan fingerprint density at radius 1 is 1.11 bits per heavy atom. The van der Waals surface area contributed by atoms with Crippen LogP contribution in [0.4, 0.5) is 18.9 Å². The summed E-state index contributed by atoms with van der Waals surface area (Å²) in [6.45, 7) is 2.28. The molecule has 0 amide bonds. The molecule has 1 aromatic carbocycles. The zero-order chi connectivity index (χ0) is 19.6. The van der Waals surface area contributed by atoms with Gasteiger partial charge in [0.2, 0.25) is 0 Å². The van der Waals surface area contributed by atoms with Gasteiger partial charge in [-0.2, -0.15) is 13.2 Å². The van der Waals surface area contributed by atoms with Gasteiger partial charge in [-0.15, -0.1) is 10.2 Å². The Hall–Kier alpha value is -1.57. The highest BCUT2D eigenvalue weighted by molar-refractivity contribution is 6.34. The van der Waals surface area contributed by atoms with Gasteiger partial charge in [-0.05, 0) is 43.9 Å². The van der Waals surface area contributed by atoms with Crippen LogP contribution < -0.4 is 5.32 Å². The van der Waals surface area contributed by atoms with Crippen LogP contribution in [0.5, 0.6) is 0 Å². The fraction of sp³-hybridized carbons (Fsp3) is 0.444. The molecule has 1 aliphatic heterocycles. The Morgan fingerprint density at radius 3 is 2.44 bits per heavy atom. The third-order valence-corrected chi connectivity index (χ3v) is 5.21. The molecule has 3 rings (SSSR count). The molecule has 1 N–H and O–H groups in total. The molecule has 1 fully saturated rings. The molecule has 1 aromatic heterocycles. The molecule has 1 aliphatic rings. The van der Waals surface area contributed by atoms with Crippen molar-refractivity contribution >= 4 is 28.9 Å². The van der Waals surface area contributed by atoms with Gasteiger partial charge in [0.25, 0.3) is 0 Å². The first-order chi connectivity index (χ1) is 12.8. The van der Waals surface area contributed by atoms with Crippen LogP contribution in [0.2, 0.25) is 10.3 Å². The zero-order valence-corrected chi connectivity index (χ0v) is 16.0. The molecule has 2 unspecified atom stereocenters. The SMILES string of the molecule is Cc1c(Cl)nnc(Cl)c1NCC1CCCC(c2ccc(C(F)(F)F)cc2)O1. The normalized spacial score (nSPS) is 20.5. The predicted molar refractivity (Wildman–Crippen MR) is 98.2 cm³/mol. The second kappa shape index (κ2) is 8.20. The van der Waals surface area contributed by atoms with Crippen LogP contribution in [0.15, 0.2) is 24.3 Å². The zero-order valence-electron chi connectivity index (χ0n) is 14.5. The second-order valence-corrected chi connectivity index (χ2v) is 7.18. The number of ether oxygens (including phenoxy) is 1. The summed E-state index contributed by atoms with van der Waals surface area (Å²) in [7, 11) is 0. The second-order valence-electron chi connectivity index (χ2n) is 6.46. The van der Waals surface area contributed by atoms with Crippen molar-refractivity contribution in [3.8, 4) is 0 Å². The summed E-state index contributed by atoms with van der Waals surface area (Å²) < 4.78 is 44.2. The number of benzene rings is 1. The summed E-state index contributed by atoms with van der Waals surface area (Å²) in [5.41, 5.74) is 1.40. The molecular formula is C18H18Cl2F3N3O. The van der Waals surface area contributed by atoms with Gasteiger partial charge >= 0.3 is 6.18 Å². The first kappa shape index (κ1) is 20.2. The fourth-order valence-corrected chi connectivity index (χ4v) is 3.45. The van der Waals surface area contributed by atoms with Gasteiger partial charge in [-0.3, -0.25) is 0 Å². The van der Waals surface area contributed by atoms with E-state index in [2.05, 4.69) is 15.5 Å². The summed E-state index contributed by atoms with van der Waals surface area (Å²) in [5.74, 6) is 0. The van der Waals surface area contributed by atoms with E-state index in [1.165, 1.54) is 12.1 Å². The number of hydrogen-bond donors (Lipinski definition) is 1. The molecule has 1 saturated heterocycles. The topological polar surface area (TPSA) is 47.0 Å². The number of hydrogen-bond acceptors (Lipinski definition) is 4. The van der Waals surface area contributed by atoms with Crippen LogP contribution in [0.1, 0.15) is 42.1 Å². The first-order valence-corrected chi connectivity index (χ1v) is 9.26. The van der Waals surface area contributed by atoms with E-state index < -0.39 is 11.7 Å². The van der Waals surface area contributed by atoms with Crippen LogP contribution in [0.25, 0.3) is 0 Å². The predicted octanol–water partition coefficient (Wildman–Crippen LogP) is 5.83. The smallest absolute Gasteiger partial charge is 0.380 e. The number of aromatic nitrogens is 2. The molecule has 146 valence electrons. The molecule has 0 aliphatic carbocycles. The number of alkyl halides is 3. The van der Waals surface area contributed by atoms with Crippen molar-refractivity contribution < 1.29 is 17.9 Å². The van der Waals surface area contributed by atoms with Gasteiger partial charge < -0.3 is 10.1 Å². The lowest BCUT2D eigenvalue weighted by atomic mass is 9.97. The number of rotatable bonds is 4. The van der Waals surface area contributed by atoms with Crippen LogP contribution in [-0.4, -0.2) is 22.8 Å². The summed E-state index contributed by atoms with van der Waals surface area (Å²) >= 11 is 12.0. The number of nitrogens with one attached hydrogen (secondary N) is 1. The van der Waals surface area contributed by atoms with E-state index in [0.29, 0.717) is 17.8 Å². The van der Waals surface area contributed by atoms with E-state index >= 15 is 0 Å². The van der Waals surface area contributed by atoms with Crippen molar-refractivity contribution in [3.05, 3.63) is 51.3 Å². The Labute approximate surface area is 165 Å². The van der Waals surface area contributed by atoms with Gasteiger partial charge in [-0.25, -0.2) is 0 Å². The van der Waals surface area contributed by atoms with Crippen molar-refractivity contribution in [3.63, 3.8) is 0 Å². The maximum Gasteiger partial charge on any atom is 0.416 e. The van der Waals surface area contributed by atoms with E-state index in [0.717, 1.165) is 37.0 Å². The molecule has 0 radical (unpaired) electrons. The van der Waals surface area contributed by atoms with Crippen LogP contribution in [-0.2, 0) is 10.9 Å². The number of anilines is 1. The number of halogens is 5. The average molecular weight is 420 g/mol. The van der Waals surface area contributed by atoms with Crippen molar-refractivity contribution in [2.45, 2.75) is 44.6 Å². The standard InChI is InChI=1S/C18H18Cl2F3N3O/c1-10-15(17(20)26-25-16(10)19)24-9-13-3-2-4-14(27-13)11-5-7-12(8-6-11)18(21,22)23/h5-8,13-14H,2-4,9H2,1H3,(H,24,25). The lowest BCUT2D eigenvalue weighted by Crippen LogP contribution is -2.29. The van der Waals surface area contributed by atoms with Crippen LogP contribution >= 0.6 is 23.2 Å². The van der Waals surface area contributed by atoms with Crippen LogP contribution in [0.3, 0.4) is 0 Å².